The quantitative estimate of drug-likeness (QED) is 0.245. The molecule has 2 aliphatic rings. The standard InChI is InChI=1S/C34H22N6/c1-3-9-21(10-4-1)31-25-15-16-26(35-25)32(22-11-5-2-6-12-22)28-18-20-30(37-28)39-34-24-14-8-7-13-23(24)33(40-34)38-29-19-17-27(31)36-29/h1-20H,(H2,36,37,38,39,40). The summed E-state index contributed by atoms with van der Waals surface area (Å²) in [4.78, 5) is 26.9. The first-order chi connectivity index (χ1) is 19.8. The van der Waals surface area contributed by atoms with Gasteiger partial charge in [0.05, 0.1) is 11.4 Å². The molecule has 0 saturated heterocycles. The van der Waals surface area contributed by atoms with E-state index < -0.39 is 0 Å². The number of aromatic amines is 2. The number of nitrogens with zero attached hydrogens (tertiary/aromatic N) is 4. The zero-order chi connectivity index (χ0) is 26.5. The highest BCUT2D eigenvalue weighted by Crippen LogP contribution is 2.35. The number of H-pyrrole nitrogens is 2. The van der Waals surface area contributed by atoms with Crippen molar-refractivity contribution in [2.45, 2.75) is 0 Å². The van der Waals surface area contributed by atoms with Crippen LogP contribution in [0.15, 0.2) is 109 Å². The van der Waals surface area contributed by atoms with Crippen molar-refractivity contribution < 1.29 is 0 Å². The Morgan fingerprint density at radius 3 is 1.32 bits per heavy atom. The van der Waals surface area contributed by atoms with Crippen LogP contribution in [0.25, 0.3) is 79.5 Å². The average Bonchev–Trinajstić information content (AvgIpc) is 3.80. The summed E-state index contributed by atoms with van der Waals surface area (Å²) < 4.78 is 0. The van der Waals surface area contributed by atoms with Crippen molar-refractivity contribution in [1.29, 1.82) is 0 Å². The Morgan fingerprint density at radius 2 is 0.850 bits per heavy atom. The van der Waals surface area contributed by atoms with Crippen LogP contribution in [-0.4, -0.2) is 29.9 Å². The van der Waals surface area contributed by atoms with Crippen molar-refractivity contribution in [3.05, 3.63) is 121 Å². The van der Waals surface area contributed by atoms with Gasteiger partial charge in [-0.25, -0.2) is 19.9 Å². The Labute approximate surface area is 229 Å². The second-order valence-corrected chi connectivity index (χ2v) is 9.74. The van der Waals surface area contributed by atoms with Crippen LogP contribution < -0.4 is 0 Å². The number of nitrogens with one attached hydrogen (secondary N) is 2. The molecule has 0 aliphatic carbocycles. The Morgan fingerprint density at radius 1 is 0.400 bits per heavy atom. The summed E-state index contributed by atoms with van der Waals surface area (Å²) in [6, 6.07) is 36.9. The van der Waals surface area contributed by atoms with Gasteiger partial charge in [0.1, 0.15) is 11.3 Å². The van der Waals surface area contributed by atoms with E-state index in [-0.39, 0.29) is 0 Å². The van der Waals surface area contributed by atoms with E-state index in [1.807, 2.05) is 72.8 Å². The number of hydrogen-bond donors (Lipinski definition) is 2. The zero-order valence-electron chi connectivity index (χ0n) is 21.3. The molecule has 0 amide bonds. The van der Waals surface area contributed by atoms with Crippen molar-refractivity contribution in [3.63, 3.8) is 0 Å². The fourth-order valence-corrected chi connectivity index (χ4v) is 5.41. The lowest BCUT2D eigenvalue weighted by Gasteiger charge is -2.04. The molecular formula is C34H22N6. The molecule has 0 saturated carbocycles. The second kappa shape index (κ2) is 8.99. The van der Waals surface area contributed by atoms with Crippen LogP contribution in [-0.2, 0) is 0 Å². The summed E-state index contributed by atoms with van der Waals surface area (Å²) in [5.74, 6) is 1.27. The van der Waals surface area contributed by atoms with Crippen molar-refractivity contribution in [2.24, 2.45) is 0 Å². The summed E-state index contributed by atoms with van der Waals surface area (Å²) in [7, 11) is 0. The summed E-state index contributed by atoms with van der Waals surface area (Å²) in [5, 5.41) is 0. The lowest BCUT2D eigenvalue weighted by molar-refractivity contribution is 1.21. The summed E-state index contributed by atoms with van der Waals surface area (Å²) in [6.45, 7) is 0. The largest absolute Gasteiger partial charge is 0.340 e. The molecule has 6 aromatic rings. The molecular weight excluding hydrogens is 492 g/mol. The molecule has 6 nitrogen and oxygen atoms in total. The molecule has 2 N–H and O–H groups in total. The lowest BCUT2D eigenvalue weighted by Crippen LogP contribution is -1.88. The van der Waals surface area contributed by atoms with Gasteiger partial charge in [0.25, 0.3) is 0 Å². The van der Waals surface area contributed by atoms with Gasteiger partial charge < -0.3 is 9.97 Å². The van der Waals surface area contributed by atoms with E-state index in [1.54, 1.807) is 0 Å². The molecule has 5 heterocycles. The SMILES string of the molecule is C1=Cc2nc1c(-c1ccccc1)c1ccc(nc3nc(nc4ccc([nH]4)c2-c2ccccc2)-c2ccccc2-3)[nH]1. The van der Waals surface area contributed by atoms with E-state index in [4.69, 9.17) is 19.9 Å². The molecule has 6 heteroatoms. The number of benzene rings is 3. The molecule has 8 rings (SSSR count). The smallest absolute Gasteiger partial charge is 0.164 e. The van der Waals surface area contributed by atoms with Gasteiger partial charge in [-0.1, -0.05) is 84.9 Å². The molecule has 0 fully saturated rings. The van der Waals surface area contributed by atoms with E-state index in [0.29, 0.717) is 11.6 Å². The van der Waals surface area contributed by atoms with E-state index in [1.165, 1.54) is 0 Å². The summed E-state index contributed by atoms with van der Waals surface area (Å²) in [5.41, 5.74) is 11.1. The van der Waals surface area contributed by atoms with Crippen molar-refractivity contribution in [2.75, 3.05) is 0 Å². The molecule has 0 unspecified atom stereocenters. The minimum absolute atomic E-state index is 0.633. The third-order valence-electron chi connectivity index (χ3n) is 7.23. The summed E-state index contributed by atoms with van der Waals surface area (Å²) in [6.07, 6.45) is 4.17. The highest BCUT2D eigenvalue weighted by atomic mass is 15.0. The first-order valence-corrected chi connectivity index (χ1v) is 13.2. The van der Waals surface area contributed by atoms with Crippen LogP contribution >= 0.6 is 0 Å². The third kappa shape index (κ3) is 3.74. The Kier molecular flexibility index (Phi) is 5.03. The molecule has 0 radical (unpaired) electrons. The maximum Gasteiger partial charge on any atom is 0.164 e. The molecule has 40 heavy (non-hydrogen) atoms. The summed E-state index contributed by atoms with van der Waals surface area (Å²) >= 11 is 0. The van der Waals surface area contributed by atoms with Crippen molar-refractivity contribution in [1.82, 2.24) is 29.9 Å². The number of hydrogen-bond acceptors (Lipinski definition) is 4. The maximum absolute atomic E-state index is 5.19. The first kappa shape index (κ1) is 22.4. The molecule has 3 aromatic heterocycles. The highest BCUT2D eigenvalue weighted by molar-refractivity contribution is 5.95. The fourth-order valence-electron chi connectivity index (χ4n) is 5.41. The van der Waals surface area contributed by atoms with Gasteiger partial charge in [0.2, 0.25) is 0 Å². The van der Waals surface area contributed by atoms with Crippen LogP contribution in [0.4, 0.5) is 0 Å². The Hall–Kier alpha value is -5.62. The van der Waals surface area contributed by atoms with Gasteiger partial charge in [-0.2, -0.15) is 0 Å². The van der Waals surface area contributed by atoms with Gasteiger partial charge in [0.15, 0.2) is 11.6 Å². The molecule has 0 spiro atoms. The molecule has 2 aliphatic heterocycles. The van der Waals surface area contributed by atoms with Gasteiger partial charge in [-0.15, -0.1) is 0 Å². The monoisotopic (exact) mass is 514 g/mol. The highest BCUT2D eigenvalue weighted by Gasteiger charge is 2.19. The number of aromatic nitrogens is 6. The van der Waals surface area contributed by atoms with E-state index >= 15 is 0 Å². The van der Waals surface area contributed by atoms with E-state index in [2.05, 4.69) is 58.5 Å². The second-order valence-electron chi connectivity index (χ2n) is 9.74. The van der Waals surface area contributed by atoms with Crippen molar-refractivity contribution >= 4 is 34.5 Å². The molecule has 188 valence electrons. The molecule has 3 aromatic carbocycles. The topological polar surface area (TPSA) is 83.1 Å². The van der Waals surface area contributed by atoms with Crippen LogP contribution in [0, 0.1) is 0 Å². The van der Waals surface area contributed by atoms with Crippen LogP contribution in [0.1, 0.15) is 11.4 Å². The van der Waals surface area contributed by atoms with Crippen molar-refractivity contribution in [3.8, 4) is 45.0 Å². The van der Waals surface area contributed by atoms with E-state index in [0.717, 1.165) is 67.1 Å². The number of rotatable bonds is 2. The average molecular weight is 515 g/mol. The molecule has 0 atom stereocenters. The zero-order valence-corrected chi connectivity index (χ0v) is 21.3. The predicted octanol–water partition coefficient (Wildman–Crippen LogP) is 7.94. The van der Waals surface area contributed by atoms with Crippen LogP contribution in [0.3, 0.4) is 0 Å². The Bertz CT molecular complexity index is 1960. The lowest BCUT2D eigenvalue weighted by atomic mass is 10.0. The van der Waals surface area contributed by atoms with Gasteiger partial charge >= 0.3 is 0 Å². The number of fused-ring (bicyclic) bond motifs is 11. The van der Waals surface area contributed by atoms with Crippen LogP contribution in [0.2, 0.25) is 0 Å². The maximum atomic E-state index is 5.19. The first-order valence-electron chi connectivity index (χ1n) is 13.2. The van der Waals surface area contributed by atoms with Gasteiger partial charge in [0, 0.05) is 33.3 Å². The van der Waals surface area contributed by atoms with E-state index in [9.17, 15) is 0 Å². The normalized spacial score (nSPS) is 11.9. The fraction of sp³-hybridized carbons (Fsp3) is 0. The third-order valence-corrected chi connectivity index (χ3v) is 7.23. The van der Waals surface area contributed by atoms with Gasteiger partial charge in [-0.05, 0) is 47.5 Å². The minimum atomic E-state index is 0.633. The Balaban J connectivity index is 1.54. The van der Waals surface area contributed by atoms with Crippen LogP contribution in [0.5, 0.6) is 0 Å². The van der Waals surface area contributed by atoms with Gasteiger partial charge in [-0.3, -0.25) is 0 Å². The predicted molar refractivity (Wildman–Crippen MR) is 161 cm³/mol. The molecule has 8 bridgehead atoms. The minimum Gasteiger partial charge on any atom is -0.340 e.